The molecule has 1 heterocycles. The average Bonchev–Trinajstić information content (AvgIpc) is 3.54. The van der Waals surface area contributed by atoms with Crippen molar-refractivity contribution in [1.29, 1.82) is 0 Å². The number of aromatic amines is 1. The molecule has 2 amide bonds. The molecule has 0 radical (unpaired) electrons. The molecule has 2 aliphatic rings. The van der Waals surface area contributed by atoms with Crippen LogP contribution in [0.15, 0.2) is 18.2 Å². The summed E-state index contributed by atoms with van der Waals surface area (Å²) < 4.78 is 104. The Labute approximate surface area is 218 Å². The number of carbonyl (C=O) groups excluding carboxylic acids is 2. The number of fused-ring (bicyclic) bond motifs is 1. The number of alkyl halides is 8. The molecule has 4 atom stereocenters. The van der Waals surface area contributed by atoms with Gasteiger partial charge in [-0.25, -0.2) is 13.8 Å². The van der Waals surface area contributed by atoms with Crippen molar-refractivity contribution in [1.82, 2.24) is 20.6 Å². The molecule has 0 aliphatic heterocycles. The molecule has 4 rings (SSSR count). The molecule has 39 heavy (non-hydrogen) atoms. The maximum absolute atomic E-state index is 13.8. The smallest absolute Gasteiger partial charge is 0.350 e. The summed E-state index contributed by atoms with van der Waals surface area (Å²) in [4.78, 5) is 32.1. The Hall–Kier alpha value is -2.93. The van der Waals surface area contributed by atoms with E-state index in [1.807, 2.05) is 0 Å². The molecule has 2 fully saturated rings. The topological polar surface area (TPSA) is 86.9 Å². The number of amides is 2. The summed E-state index contributed by atoms with van der Waals surface area (Å²) >= 11 is 0. The van der Waals surface area contributed by atoms with Gasteiger partial charge in [0.1, 0.15) is 5.82 Å². The third-order valence-corrected chi connectivity index (χ3v) is 7.41. The Morgan fingerprint density at radius 3 is 2.36 bits per heavy atom. The van der Waals surface area contributed by atoms with Crippen LogP contribution in [0.4, 0.5) is 35.1 Å². The largest absolute Gasteiger partial charge is 0.392 e. The number of halogens is 8. The van der Waals surface area contributed by atoms with Gasteiger partial charge in [0.2, 0.25) is 17.7 Å². The lowest BCUT2D eigenvalue weighted by Crippen LogP contribution is -2.39. The van der Waals surface area contributed by atoms with Gasteiger partial charge in [-0.15, -0.1) is 0 Å². The second-order valence-corrected chi connectivity index (χ2v) is 10.5. The van der Waals surface area contributed by atoms with Crippen molar-refractivity contribution in [2.75, 3.05) is 0 Å². The molecule has 14 heteroatoms. The van der Waals surface area contributed by atoms with Gasteiger partial charge in [-0.2, -0.15) is 26.3 Å². The van der Waals surface area contributed by atoms with Crippen molar-refractivity contribution in [3.05, 3.63) is 29.6 Å². The zero-order valence-corrected chi connectivity index (χ0v) is 20.9. The summed E-state index contributed by atoms with van der Waals surface area (Å²) in [5.74, 6) is -7.70. The minimum atomic E-state index is -4.50. The number of carbonyl (C=O) groups is 2. The van der Waals surface area contributed by atoms with E-state index < -0.39 is 85.6 Å². The van der Waals surface area contributed by atoms with Crippen molar-refractivity contribution >= 4 is 22.8 Å². The van der Waals surface area contributed by atoms with Crippen molar-refractivity contribution in [2.45, 2.75) is 82.2 Å². The number of nitrogens with zero attached hydrogens (tertiary/aromatic N) is 1. The zero-order valence-electron chi connectivity index (χ0n) is 20.9. The number of hydrogen-bond acceptors (Lipinski definition) is 3. The first-order valence-electron chi connectivity index (χ1n) is 12.6. The van der Waals surface area contributed by atoms with Crippen LogP contribution in [0, 0.1) is 17.8 Å². The predicted octanol–water partition coefficient (Wildman–Crippen LogP) is 6.26. The molecule has 1 aromatic carbocycles. The van der Waals surface area contributed by atoms with Gasteiger partial charge in [0.25, 0.3) is 0 Å². The summed E-state index contributed by atoms with van der Waals surface area (Å²) in [6.07, 6.45) is -12.0. The van der Waals surface area contributed by atoms with Gasteiger partial charge in [0.05, 0.1) is 41.4 Å². The highest BCUT2D eigenvalue weighted by atomic mass is 19.4. The minimum Gasteiger partial charge on any atom is -0.350 e. The summed E-state index contributed by atoms with van der Waals surface area (Å²) in [5.41, 5.74) is 1.41. The fraction of sp³-hybridized carbons (Fsp3) is 0.640. The fourth-order valence-corrected chi connectivity index (χ4v) is 5.03. The van der Waals surface area contributed by atoms with Gasteiger partial charge in [-0.05, 0) is 49.8 Å². The summed E-state index contributed by atoms with van der Waals surface area (Å²) in [6, 6.07) is 3.23. The van der Waals surface area contributed by atoms with E-state index in [-0.39, 0.29) is 25.1 Å². The highest BCUT2D eigenvalue weighted by molar-refractivity contribution is 5.82. The first-order valence-corrected chi connectivity index (χ1v) is 12.6. The highest BCUT2D eigenvalue weighted by Crippen LogP contribution is 2.50. The molecule has 3 N–H and O–H groups in total. The van der Waals surface area contributed by atoms with E-state index >= 15 is 0 Å². The fourth-order valence-electron chi connectivity index (χ4n) is 5.03. The maximum Gasteiger partial charge on any atom is 0.392 e. The van der Waals surface area contributed by atoms with E-state index in [4.69, 9.17) is 0 Å². The van der Waals surface area contributed by atoms with Crippen LogP contribution in [0.2, 0.25) is 0 Å². The van der Waals surface area contributed by atoms with Crippen LogP contribution < -0.4 is 10.6 Å². The molecule has 2 saturated carbocycles. The third-order valence-electron chi connectivity index (χ3n) is 7.41. The molecule has 1 aromatic heterocycles. The van der Waals surface area contributed by atoms with Crippen molar-refractivity contribution in [2.24, 2.45) is 17.8 Å². The Morgan fingerprint density at radius 2 is 1.77 bits per heavy atom. The van der Waals surface area contributed by atoms with Gasteiger partial charge in [0.15, 0.2) is 0 Å². The van der Waals surface area contributed by atoms with E-state index in [2.05, 4.69) is 20.6 Å². The number of rotatable bonds is 8. The van der Waals surface area contributed by atoms with Crippen LogP contribution in [0.3, 0.4) is 0 Å². The number of H-pyrrole nitrogens is 1. The number of benzene rings is 1. The molecule has 2 aromatic rings. The molecule has 216 valence electrons. The highest BCUT2D eigenvalue weighted by Gasteiger charge is 2.59. The van der Waals surface area contributed by atoms with Crippen LogP contribution in [-0.4, -0.2) is 40.1 Å². The van der Waals surface area contributed by atoms with Gasteiger partial charge >= 0.3 is 12.4 Å². The maximum atomic E-state index is 13.8. The lowest BCUT2D eigenvalue weighted by Gasteiger charge is -2.33. The summed E-state index contributed by atoms with van der Waals surface area (Å²) in [5, 5.41) is 5.11. The van der Waals surface area contributed by atoms with Crippen LogP contribution in [-0.2, 0) is 9.59 Å². The van der Waals surface area contributed by atoms with Crippen LogP contribution in [0.5, 0.6) is 0 Å². The van der Waals surface area contributed by atoms with E-state index in [0.717, 1.165) is 0 Å². The Kier molecular flexibility index (Phi) is 7.87. The standard InChI is InChI=1S/C25H28F8N4O2/c1-12(34-19(38)6-9-24(28,29)30)14-2-3-17-18(10-14)36-21(35-17)20(13-4-7-23(26,27)8-5-13)37-22(39)15-11-16(15)25(31,32)33/h2-3,10,12-13,15-16,20H,4-9,11H2,1H3,(H,34,38)(H,35,36)(H,37,39)/t12-,15-,16-,20+/m1/s1. The second-order valence-electron chi connectivity index (χ2n) is 10.5. The minimum absolute atomic E-state index is 0.0363. The number of nitrogens with one attached hydrogen (secondary N) is 3. The first kappa shape index (κ1) is 29.1. The van der Waals surface area contributed by atoms with Crippen LogP contribution >= 0.6 is 0 Å². The molecule has 0 unspecified atom stereocenters. The molecule has 6 nitrogen and oxygen atoms in total. The van der Waals surface area contributed by atoms with Crippen LogP contribution in [0.1, 0.15) is 75.3 Å². The zero-order chi connectivity index (χ0) is 28.8. The first-order chi connectivity index (χ1) is 18.0. The Balaban J connectivity index is 1.52. The van der Waals surface area contributed by atoms with E-state index in [1.165, 1.54) is 0 Å². The van der Waals surface area contributed by atoms with Crippen LogP contribution in [0.25, 0.3) is 11.0 Å². The normalized spacial score (nSPS) is 23.3. The van der Waals surface area contributed by atoms with Crippen molar-refractivity contribution in [3.63, 3.8) is 0 Å². The van der Waals surface area contributed by atoms with Gasteiger partial charge in [-0.1, -0.05) is 6.07 Å². The third kappa shape index (κ3) is 7.38. The monoisotopic (exact) mass is 568 g/mol. The lowest BCUT2D eigenvalue weighted by atomic mass is 9.81. The SMILES string of the molecule is C[C@@H](NC(=O)CCC(F)(F)F)c1ccc2nc([C@@H](NC(=O)[C@@H]3C[C@H]3C(F)(F)F)C3CCC(F)(F)CC3)[nH]c2c1. The van der Waals surface area contributed by atoms with Gasteiger partial charge in [-0.3, -0.25) is 9.59 Å². The number of hydrogen-bond donors (Lipinski definition) is 3. The Bertz CT molecular complexity index is 1200. The average molecular weight is 569 g/mol. The van der Waals surface area contributed by atoms with E-state index in [9.17, 15) is 44.7 Å². The number of aromatic nitrogens is 2. The van der Waals surface area contributed by atoms with Gasteiger partial charge in [0, 0.05) is 19.3 Å². The summed E-state index contributed by atoms with van der Waals surface area (Å²) in [6.45, 7) is 1.59. The molecule has 0 bridgehead atoms. The van der Waals surface area contributed by atoms with E-state index in [1.54, 1.807) is 25.1 Å². The summed E-state index contributed by atoms with van der Waals surface area (Å²) in [7, 11) is 0. The van der Waals surface area contributed by atoms with Crippen molar-refractivity contribution < 1.29 is 44.7 Å². The quantitative estimate of drug-likeness (QED) is 0.329. The lowest BCUT2D eigenvalue weighted by molar-refractivity contribution is -0.155. The number of imidazole rings is 1. The van der Waals surface area contributed by atoms with E-state index in [0.29, 0.717) is 16.6 Å². The molecular formula is C25H28F8N4O2. The Morgan fingerprint density at radius 1 is 1.10 bits per heavy atom. The molecule has 2 aliphatic carbocycles. The molecular weight excluding hydrogens is 540 g/mol. The molecule has 0 spiro atoms. The molecule has 0 saturated heterocycles. The second kappa shape index (κ2) is 10.6. The van der Waals surface area contributed by atoms with Crippen molar-refractivity contribution in [3.8, 4) is 0 Å². The predicted molar refractivity (Wildman–Crippen MR) is 123 cm³/mol. The van der Waals surface area contributed by atoms with Gasteiger partial charge < -0.3 is 15.6 Å².